The van der Waals surface area contributed by atoms with E-state index in [2.05, 4.69) is 46.3 Å². The molecule has 0 radical (unpaired) electrons. The molecule has 0 atom stereocenters. The summed E-state index contributed by atoms with van der Waals surface area (Å²) in [5.41, 5.74) is 4.48. The third-order valence-electron chi connectivity index (χ3n) is 5.95. The van der Waals surface area contributed by atoms with Gasteiger partial charge >= 0.3 is 0 Å². The first-order valence-corrected chi connectivity index (χ1v) is 10.8. The van der Waals surface area contributed by atoms with Gasteiger partial charge in [-0.05, 0) is 23.8 Å². The normalized spacial score (nSPS) is 16.7. The van der Waals surface area contributed by atoms with Gasteiger partial charge in [-0.25, -0.2) is 0 Å². The Morgan fingerprint density at radius 3 is 2.45 bits per heavy atom. The predicted molar refractivity (Wildman–Crippen MR) is 118 cm³/mol. The van der Waals surface area contributed by atoms with E-state index in [1.165, 1.54) is 11.1 Å². The summed E-state index contributed by atoms with van der Waals surface area (Å²) >= 11 is 0. The summed E-state index contributed by atoms with van der Waals surface area (Å²) in [5.74, 6) is 1.56. The molecule has 5 rings (SSSR count). The summed E-state index contributed by atoms with van der Waals surface area (Å²) < 4.78 is 13.1. The van der Waals surface area contributed by atoms with Crippen LogP contribution in [0.15, 0.2) is 54.7 Å². The lowest BCUT2D eigenvalue weighted by atomic mass is 10.1. The molecule has 1 aromatic heterocycles. The Hall–Kier alpha value is -2.87. The smallest absolute Gasteiger partial charge is 0.231 e. The summed E-state index contributed by atoms with van der Waals surface area (Å²) in [6.07, 6.45) is 2.17. The topological polar surface area (TPSA) is 63.0 Å². The number of aromatic nitrogens is 2. The number of benzene rings is 2. The van der Waals surface area contributed by atoms with E-state index in [0.717, 1.165) is 68.6 Å². The van der Waals surface area contributed by atoms with E-state index in [-0.39, 0.29) is 13.4 Å². The SMILES string of the molecule is OCCN1CCN(Cc2cn(Cc3ccccc3)nc2-c2ccc3c(c2)OCO3)CC1. The number of aliphatic hydroxyl groups excluding tert-OH is 1. The zero-order chi connectivity index (χ0) is 21.0. The van der Waals surface area contributed by atoms with Gasteiger partial charge in [-0.1, -0.05) is 30.3 Å². The van der Waals surface area contributed by atoms with Gasteiger partial charge in [0.1, 0.15) is 0 Å². The highest BCUT2D eigenvalue weighted by Crippen LogP contribution is 2.36. The van der Waals surface area contributed by atoms with Crippen LogP contribution in [0.4, 0.5) is 0 Å². The average Bonchev–Trinajstić information content (AvgIpc) is 3.42. The minimum absolute atomic E-state index is 0.223. The Morgan fingerprint density at radius 2 is 1.65 bits per heavy atom. The number of ether oxygens (including phenoxy) is 2. The molecule has 3 aromatic rings. The lowest BCUT2D eigenvalue weighted by Crippen LogP contribution is -2.46. The number of hydrogen-bond donors (Lipinski definition) is 1. The number of nitrogens with zero attached hydrogens (tertiary/aromatic N) is 4. The van der Waals surface area contributed by atoms with Crippen LogP contribution in [0.5, 0.6) is 11.5 Å². The maximum Gasteiger partial charge on any atom is 0.231 e. The molecule has 0 saturated carbocycles. The molecular formula is C24H28N4O3. The Balaban J connectivity index is 1.40. The highest BCUT2D eigenvalue weighted by molar-refractivity contribution is 5.67. The molecule has 1 fully saturated rings. The fourth-order valence-corrected chi connectivity index (χ4v) is 4.27. The van der Waals surface area contributed by atoms with E-state index < -0.39 is 0 Å². The van der Waals surface area contributed by atoms with E-state index in [4.69, 9.17) is 14.6 Å². The molecule has 0 spiro atoms. The van der Waals surface area contributed by atoms with Gasteiger partial charge in [0, 0.05) is 56.6 Å². The monoisotopic (exact) mass is 420 g/mol. The molecular weight excluding hydrogens is 392 g/mol. The summed E-state index contributed by atoms with van der Waals surface area (Å²) in [5, 5.41) is 14.1. The predicted octanol–water partition coefficient (Wildman–Crippen LogP) is 2.44. The highest BCUT2D eigenvalue weighted by atomic mass is 16.7. The number of aliphatic hydroxyl groups is 1. The largest absolute Gasteiger partial charge is 0.454 e. The van der Waals surface area contributed by atoms with Crippen LogP contribution in [0.3, 0.4) is 0 Å². The maximum atomic E-state index is 9.19. The third-order valence-corrected chi connectivity index (χ3v) is 5.95. The first kappa shape index (κ1) is 20.1. The van der Waals surface area contributed by atoms with Crippen molar-refractivity contribution in [3.05, 3.63) is 65.9 Å². The molecule has 7 heteroatoms. The van der Waals surface area contributed by atoms with Crippen molar-refractivity contribution >= 4 is 0 Å². The third kappa shape index (κ3) is 4.58. The number of piperazine rings is 1. The molecule has 0 bridgehead atoms. The Bertz CT molecular complexity index is 1010. The van der Waals surface area contributed by atoms with Crippen LogP contribution in [0, 0.1) is 0 Å². The van der Waals surface area contributed by atoms with Gasteiger partial charge in [-0.15, -0.1) is 0 Å². The van der Waals surface area contributed by atoms with E-state index in [9.17, 15) is 5.11 Å². The number of fused-ring (bicyclic) bond motifs is 1. The molecule has 0 amide bonds. The van der Waals surface area contributed by atoms with Crippen LogP contribution in [0.25, 0.3) is 11.3 Å². The number of β-amino-alcohol motifs (C(OH)–C–C–N with tert-alkyl or cyclic N) is 1. The lowest BCUT2D eigenvalue weighted by Gasteiger charge is -2.34. The zero-order valence-corrected chi connectivity index (χ0v) is 17.6. The van der Waals surface area contributed by atoms with Gasteiger partial charge < -0.3 is 14.6 Å². The van der Waals surface area contributed by atoms with Crippen molar-refractivity contribution in [1.29, 1.82) is 0 Å². The van der Waals surface area contributed by atoms with Crippen LogP contribution in [0.1, 0.15) is 11.1 Å². The van der Waals surface area contributed by atoms with Crippen molar-refractivity contribution in [1.82, 2.24) is 19.6 Å². The lowest BCUT2D eigenvalue weighted by molar-refractivity contribution is 0.108. The van der Waals surface area contributed by atoms with Crippen molar-refractivity contribution in [2.24, 2.45) is 0 Å². The molecule has 2 aromatic carbocycles. The molecule has 1 saturated heterocycles. The second kappa shape index (κ2) is 9.09. The molecule has 162 valence electrons. The van der Waals surface area contributed by atoms with Crippen molar-refractivity contribution in [3.63, 3.8) is 0 Å². The Labute approximate surface area is 182 Å². The zero-order valence-electron chi connectivity index (χ0n) is 17.6. The molecule has 3 heterocycles. The molecule has 0 aliphatic carbocycles. The first-order valence-electron chi connectivity index (χ1n) is 10.8. The summed E-state index contributed by atoms with van der Waals surface area (Å²) in [7, 11) is 0. The van der Waals surface area contributed by atoms with E-state index >= 15 is 0 Å². The van der Waals surface area contributed by atoms with E-state index in [0.29, 0.717) is 0 Å². The van der Waals surface area contributed by atoms with Crippen LogP contribution in [-0.4, -0.2) is 70.8 Å². The fourth-order valence-electron chi connectivity index (χ4n) is 4.27. The standard InChI is InChI=1S/C24H28N4O3/c29-13-12-26-8-10-27(11-9-26)16-21-17-28(15-19-4-2-1-3-5-19)25-24(21)20-6-7-22-23(14-20)31-18-30-22/h1-7,14,17,29H,8-13,15-16,18H2. The maximum absolute atomic E-state index is 9.19. The van der Waals surface area contributed by atoms with Gasteiger partial charge in [0.05, 0.1) is 18.8 Å². The summed E-state index contributed by atoms with van der Waals surface area (Å²) in [6, 6.07) is 16.5. The van der Waals surface area contributed by atoms with Crippen molar-refractivity contribution in [2.45, 2.75) is 13.1 Å². The van der Waals surface area contributed by atoms with E-state index in [1.54, 1.807) is 0 Å². The Morgan fingerprint density at radius 1 is 0.871 bits per heavy atom. The van der Waals surface area contributed by atoms with Crippen molar-refractivity contribution < 1.29 is 14.6 Å². The van der Waals surface area contributed by atoms with Crippen LogP contribution >= 0.6 is 0 Å². The molecule has 31 heavy (non-hydrogen) atoms. The van der Waals surface area contributed by atoms with E-state index in [1.807, 2.05) is 22.9 Å². The molecule has 2 aliphatic heterocycles. The second-order valence-electron chi connectivity index (χ2n) is 8.10. The molecule has 1 N–H and O–H groups in total. The number of rotatable bonds is 7. The van der Waals surface area contributed by atoms with Crippen LogP contribution < -0.4 is 9.47 Å². The minimum Gasteiger partial charge on any atom is -0.454 e. The molecule has 2 aliphatic rings. The summed E-state index contributed by atoms with van der Waals surface area (Å²) in [6.45, 7) is 6.79. The minimum atomic E-state index is 0.223. The first-order chi connectivity index (χ1) is 15.3. The average molecular weight is 421 g/mol. The summed E-state index contributed by atoms with van der Waals surface area (Å²) in [4.78, 5) is 4.78. The highest BCUT2D eigenvalue weighted by Gasteiger charge is 2.21. The molecule has 7 nitrogen and oxygen atoms in total. The van der Waals surface area contributed by atoms with Gasteiger partial charge in [0.25, 0.3) is 0 Å². The van der Waals surface area contributed by atoms with Gasteiger partial charge in [0.2, 0.25) is 6.79 Å². The quantitative estimate of drug-likeness (QED) is 0.634. The Kier molecular flexibility index (Phi) is 5.88. The van der Waals surface area contributed by atoms with Gasteiger partial charge in [0.15, 0.2) is 11.5 Å². The fraction of sp³-hybridized carbons (Fsp3) is 0.375. The number of hydrogen-bond acceptors (Lipinski definition) is 6. The van der Waals surface area contributed by atoms with Crippen molar-refractivity contribution in [2.75, 3.05) is 46.1 Å². The second-order valence-corrected chi connectivity index (χ2v) is 8.10. The van der Waals surface area contributed by atoms with Gasteiger partial charge in [-0.2, -0.15) is 5.10 Å². The van der Waals surface area contributed by atoms with Crippen LogP contribution in [-0.2, 0) is 13.1 Å². The van der Waals surface area contributed by atoms with Gasteiger partial charge in [-0.3, -0.25) is 14.5 Å². The molecule has 0 unspecified atom stereocenters. The van der Waals surface area contributed by atoms with Crippen molar-refractivity contribution in [3.8, 4) is 22.8 Å². The van der Waals surface area contributed by atoms with Crippen LogP contribution in [0.2, 0.25) is 0 Å².